The maximum Gasteiger partial charge on any atom is 0.262 e. The van der Waals surface area contributed by atoms with Crippen molar-refractivity contribution in [3.63, 3.8) is 0 Å². The number of aromatic nitrogens is 2. The number of nitrogens with zero attached hydrogens (tertiary/aromatic N) is 2. The molecule has 0 amide bonds. The minimum Gasteiger partial charge on any atom is -0.508 e. The van der Waals surface area contributed by atoms with Gasteiger partial charge in [0.05, 0.1) is 10.9 Å². The molecule has 1 aromatic carbocycles. The number of phenolic OH excluding ortho intramolecular Hbond substituents is 1. The number of benzene rings is 1. The second-order valence-electron chi connectivity index (χ2n) is 4.74. The van der Waals surface area contributed by atoms with Crippen molar-refractivity contribution in [2.75, 3.05) is 13.1 Å². The topological polar surface area (TPSA) is 67.1 Å². The fourth-order valence-electron chi connectivity index (χ4n) is 2.54. The highest BCUT2D eigenvalue weighted by Crippen LogP contribution is 2.23. The first-order valence-electron chi connectivity index (χ1n) is 6.28. The number of piperidine rings is 1. The van der Waals surface area contributed by atoms with Crippen LogP contribution < -0.4 is 10.9 Å². The van der Waals surface area contributed by atoms with E-state index in [1.165, 1.54) is 12.1 Å². The highest BCUT2D eigenvalue weighted by atomic mass is 35.5. The van der Waals surface area contributed by atoms with Crippen LogP contribution in [0.15, 0.2) is 23.0 Å². The quantitative estimate of drug-likeness (QED) is 0.780. The summed E-state index contributed by atoms with van der Waals surface area (Å²) < 4.78 is 1.57. The van der Waals surface area contributed by atoms with E-state index in [4.69, 9.17) is 11.6 Å². The average Bonchev–Trinajstić information content (AvgIpc) is 2.39. The second kappa shape index (κ2) is 4.83. The molecule has 0 aliphatic carbocycles. The summed E-state index contributed by atoms with van der Waals surface area (Å²) in [5.41, 5.74) is 0.294. The lowest BCUT2D eigenvalue weighted by molar-refractivity contribution is 0.360. The first-order valence-corrected chi connectivity index (χ1v) is 6.66. The standard InChI is InChI=1S/C13H14ClN3O2/c14-13-16-11-7-9(18)1-2-10(11)12(19)17(13)8-3-5-15-6-4-8/h1-2,7-8,15,18H,3-6H2. The number of halogens is 1. The Morgan fingerprint density at radius 1 is 1.37 bits per heavy atom. The summed E-state index contributed by atoms with van der Waals surface area (Å²) in [6, 6.07) is 4.63. The van der Waals surface area contributed by atoms with E-state index >= 15 is 0 Å². The SMILES string of the molecule is O=c1c2ccc(O)cc2nc(Cl)n1C1CCNCC1. The third-order valence-corrected chi connectivity index (χ3v) is 3.78. The minimum atomic E-state index is -0.137. The van der Waals surface area contributed by atoms with E-state index in [0.29, 0.717) is 10.9 Å². The van der Waals surface area contributed by atoms with Crippen LogP contribution in [0, 0.1) is 0 Å². The van der Waals surface area contributed by atoms with Gasteiger partial charge in [0.1, 0.15) is 5.75 Å². The first kappa shape index (κ1) is 12.4. The Morgan fingerprint density at radius 3 is 2.84 bits per heavy atom. The van der Waals surface area contributed by atoms with Gasteiger partial charge < -0.3 is 10.4 Å². The Labute approximate surface area is 114 Å². The molecule has 1 aliphatic rings. The molecule has 0 unspecified atom stereocenters. The monoisotopic (exact) mass is 279 g/mol. The Bertz CT molecular complexity index is 677. The van der Waals surface area contributed by atoms with Crippen LogP contribution in [0.1, 0.15) is 18.9 Å². The molecule has 0 saturated carbocycles. The van der Waals surface area contributed by atoms with Crippen LogP contribution in [0.4, 0.5) is 0 Å². The lowest BCUT2D eigenvalue weighted by Crippen LogP contribution is -2.35. The van der Waals surface area contributed by atoms with Gasteiger partial charge in [-0.15, -0.1) is 0 Å². The molecule has 5 nitrogen and oxygen atoms in total. The zero-order chi connectivity index (χ0) is 13.4. The third-order valence-electron chi connectivity index (χ3n) is 3.52. The van der Waals surface area contributed by atoms with Crippen LogP contribution in [0.25, 0.3) is 10.9 Å². The van der Waals surface area contributed by atoms with Gasteiger partial charge in [-0.1, -0.05) is 0 Å². The van der Waals surface area contributed by atoms with Crippen molar-refractivity contribution in [2.24, 2.45) is 0 Å². The van der Waals surface area contributed by atoms with E-state index in [-0.39, 0.29) is 22.6 Å². The van der Waals surface area contributed by atoms with E-state index in [1.54, 1.807) is 10.6 Å². The molecule has 2 heterocycles. The largest absolute Gasteiger partial charge is 0.508 e. The molecule has 0 atom stereocenters. The van der Waals surface area contributed by atoms with Crippen molar-refractivity contribution < 1.29 is 5.11 Å². The normalized spacial score (nSPS) is 16.9. The molecule has 0 radical (unpaired) electrons. The smallest absolute Gasteiger partial charge is 0.262 e. The molecule has 1 aromatic heterocycles. The van der Waals surface area contributed by atoms with Gasteiger partial charge in [-0.25, -0.2) is 4.98 Å². The molecule has 6 heteroatoms. The predicted molar refractivity (Wildman–Crippen MR) is 73.8 cm³/mol. The molecule has 2 aromatic rings. The maximum atomic E-state index is 12.5. The minimum absolute atomic E-state index is 0.0788. The third kappa shape index (κ3) is 2.19. The summed E-state index contributed by atoms with van der Waals surface area (Å²) in [4.78, 5) is 16.7. The zero-order valence-corrected chi connectivity index (χ0v) is 11.0. The van der Waals surface area contributed by atoms with Crippen LogP contribution >= 0.6 is 11.6 Å². The molecule has 0 spiro atoms. The molecule has 1 saturated heterocycles. The highest BCUT2D eigenvalue weighted by Gasteiger charge is 2.20. The summed E-state index contributed by atoms with van der Waals surface area (Å²) >= 11 is 6.14. The molecule has 19 heavy (non-hydrogen) atoms. The first-order chi connectivity index (χ1) is 9.16. The summed E-state index contributed by atoms with van der Waals surface area (Å²) in [6.07, 6.45) is 1.73. The highest BCUT2D eigenvalue weighted by molar-refractivity contribution is 6.28. The summed E-state index contributed by atoms with van der Waals surface area (Å²) in [6.45, 7) is 1.75. The zero-order valence-electron chi connectivity index (χ0n) is 10.3. The van der Waals surface area contributed by atoms with Gasteiger partial charge in [0, 0.05) is 12.1 Å². The van der Waals surface area contributed by atoms with Crippen molar-refractivity contribution in [1.82, 2.24) is 14.9 Å². The number of nitrogens with one attached hydrogen (secondary N) is 1. The molecular formula is C13H14ClN3O2. The van der Waals surface area contributed by atoms with E-state index in [0.717, 1.165) is 25.9 Å². The number of fused-ring (bicyclic) bond motifs is 1. The Hall–Kier alpha value is -1.59. The van der Waals surface area contributed by atoms with Gasteiger partial charge in [0.25, 0.3) is 5.56 Å². The van der Waals surface area contributed by atoms with Gasteiger partial charge in [-0.05, 0) is 49.7 Å². The van der Waals surface area contributed by atoms with Gasteiger partial charge in [-0.2, -0.15) is 0 Å². The average molecular weight is 280 g/mol. The van der Waals surface area contributed by atoms with E-state index in [9.17, 15) is 9.90 Å². The number of rotatable bonds is 1. The number of phenols is 1. The lowest BCUT2D eigenvalue weighted by atomic mass is 10.1. The second-order valence-corrected chi connectivity index (χ2v) is 5.08. The van der Waals surface area contributed by atoms with Crippen LogP contribution in [-0.4, -0.2) is 27.7 Å². The van der Waals surface area contributed by atoms with Gasteiger partial charge >= 0.3 is 0 Å². The molecular weight excluding hydrogens is 266 g/mol. The van der Waals surface area contributed by atoms with Crippen molar-refractivity contribution in [1.29, 1.82) is 0 Å². The van der Waals surface area contributed by atoms with Gasteiger partial charge in [-0.3, -0.25) is 9.36 Å². The summed E-state index contributed by atoms with van der Waals surface area (Å²) in [7, 11) is 0. The van der Waals surface area contributed by atoms with Crippen LogP contribution in [-0.2, 0) is 0 Å². The van der Waals surface area contributed by atoms with Crippen molar-refractivity contribution in [2.45, 2.75) is 18.9 Å². The van der Waals surface area contributed by atoms with Crippen LogP contribution in [0.5, 0.6) is 5.75 Å². The van der Waals surface area contributed by atoms with E-state index < -0.39 is 0 Å². The van der Waals surface area contributed by atoms with Gasteiger partial charge in [0.2, 0.25) is 5.28 Å². The fraction of sp³-hybridized carbons (Fsp3) is 0.385. The van der Waals surface area contributed by atoms with Crippen molar-refractivity contribution >= 4 is 22.5 Å². The van der Waals surface area contributed by atoms with Gasteiger partial charge in [0.15, 0.2) is 0 Å². The van der Waals surface area contributed by atoms with Crippen molar-refractivity contribution in [3.05, 3.63) is 33.8 Å². The molecule has 2 N–H and O–H groups in total. The molecule has 1 fully saturated rings. The lowest BCUT2D eigenvalue weighted by Gasteiger charge is -2.25. The van der Waals surface area contributed by atoms with E-state index in [1.807, 2.05) is 0 Å². The molecule has 3 rings (SSSR count). The molecule has 100 valence electrons. The summed E-state index contributed by atoms with van der Waals surface area (Å²) in [5, 5.41) is 13.4. The number of aromatic hydroxyl groups is 1. The molecule has 0 bridgehead atoms. The Kier molecular flexibility index (Phi) is 3.16. The van der Waals surface area contributed by atoms with Crippen molar-refractivity contribution in [3.8, 4) is 5.75 Å². The van der Waals surface area contributed by atoms with E-state index in [2.05, 4.69) is 10.3 Å². The fourth-order valence-corrected chi connectivity index (χ4v) is 2.85. The predicted octanol–water partition coefficient (Wildman–Crippen LogP) is 1.68. The summed E-state index contributed by atoms with van der Waals surface area (Å²) in [5.74, 6) is 0.0788. The Morgan fingerprint density at radius 2 is 2.11 bits per heavy atom. The number of hydrogen-bond acceptors (Lipinski definition) is 4. The van der Waals surface area contributed by atoms with Crippen LogP contribution in [0.3, 0.4) is 0 Å². The Balaban J connectivity index is 2.19. The molecule has 1 aliphatic heterocycles. The maximum absolute atomic E-state index is 12.5. The number of hydrogen-bond donors (Lipinski definition) is 2. The van der Waals surface area contributed by atoms with Crippen LogP contribution in [0.2, 0.25) is 5.28 Å².